The molecule has 0 saturated carbocycles. The first-order valence-corrected chi connectivity index (χ1v) is 8.71. The number of hydrogen-bond donors (Lipinski definition) is 0. The molecule has 1 heterocycles. The summed E-state index contributed by atoms with van der Waals surface area (Å²) in [7, 11) is 5.45. The molecule has 0 N–H and O–H groups in total. The lowest BCUT2D eigenvalue weighted by Crippen LogP contribution is -2.22. The van der Waals surface area contributed by atoms with Gasteiger partial charge in [-0.3, -0.25) is 4.90 Å². The molecule has 4 nitrogen and oxygen atoms in total. The molecule has 24 heavy (non-hydrogen) atoms. The maximum Gasteiger partial charge on any atom is 0.165 e. The van der Waals surface area contributed by atoms with Crippen molar-refractivity contribution in [1.82, 2.24) is 9.88 Å². The number of thiazole rings is 1. The first kappa shape index (κ1) is 16.7. The van der Waals surface area contributed by atoms with Crippen molar-refractivity contribution in [3.8, 4) is 11.5 Å². The average Bonchev–Trinajstić information content (AvgIpc) is 3.04. The van der Waals surface area contributed by atoms with E-state index in [0.717, 1.165) is 34.1 Å². The van der Waals surface area contributed by atoms with Crippen LogP contribution in [0.1, 0.15) is 23.5 Å². The monoisotopic (exact) mass is 342 g/mol. The standard InChI is InChI=1S/C19H22N2O2S/c1-13(19-20-15-9-5-6-11-17(15)24-19)21(2)12-14-8-7-10-16(22-3)18(14)23-4/h5-11,13H,12H2,1-4H3/t13-/m0/s1. The van der Waals surface area contributed by atoms with E-state index in [1.54, 1.807) is 25.6 Å². The Hall–Kier alpha value is -2.11. The number of hydrogen-bond acceptors (Lipinski definition) is 5. The Morgan fingerprint density at radius 1 is 1.08 bits per heavy atom. The van der Waals surface area contributed by atoms with Crippen molar-refractivity contribution < 1.29 is 9.47 Å². The Bertz CT molecular complexity index is 798. The Labute approximate surface area is 146 Å². The summed E-state index contributed by atoms with van der Waals surface area (Å²) in [5, 5.41) is 1.13. The van der Waals surface area contributed by atoms with E-state index in [9.17, 15) is 0 Å². The molecule has 0 radical (unpaired) electrons. The Morgan fingerprint density at radius 2 is 1.88 bits per heavy atom. The van der Waals surface area contributed by atoms with Gasteiger partial charge in [0.2, 0.25) is 0 Å². The molecule has 3 rings (SSSR count). The van der Waals surface area contributed by atoms with Crippen LogP contribution >= 0.6 is 11.3 Å². The van der Waals surface area contributed by atoms with Gasteiger partial charge in [0.1, 0.15) is 5.01 Å². The van der Waals surface area contributed by atoms with E-state index >= 15 is 0 Å². The number of rotatable bonds is 6. The van der Waals surface area contributed by atoms with Crippen molar-refractivity contribution in [3.63, 3.8) is 0 Å². The minimum absolute atomic E-state index is 0.221. The summed E-state index contributed by atoms with van der Waals surface area (Å²) in [4.78, 5) is 7.05. The second-order valence-electron chi connectivity index (χ2n) is 5.76. The molecule has 5 heteroatoms. The zero-order chi connectivity index (χ0) is 17.1. The van der Waals surface area contributed by atoms with Gasteiger partial charge in [-0.05, 0) is 32.2 Å². The fraction of sp³-hybridized carbons (Fsp3) is 0.316. The topological polar surface area (TPSA) is 34.6 Å². The molecule has 3 aromatic rings. The highest BCUT2D eigenvalue weighted by molar-refractivity contribution is 7.18. The predicted octanol–water partition coefficient (Wildman–Crippen LogP) is 4.51. The summed E-state index contributed by atoms with van der Waals surface area (Å²) in [5.74, 6) is 1.55. The van der Waals surface area contributed by atoms with Crippen LogP contribution in [0.5, 0.6) is 11.5 Å². The van der Waals surface area contributed by atoms with Gasteiger partial charge in [0.25, 0.3) is 0 Å². The molecule has 0 amide bonds. The van der Waals surface area contributed by atoms with E-state index in [0.29, 0.717) is 0 Å². The molecule has 0 fully saturated rings. The summed E-state index contributed by atoms with van der Waals surface area (Å²) < 4.78 is 12.2. The Balaban J connectivity index is 1.82. The van der Waals surface area contributed by atoms with Crippen LogP contribution in [0.3, 0.4) is 0 Å². The van der Waals surface area contributed by atoms with Crippen LogP contribution < -0.4 is 9.47 Å². The molecule has 0 bridgehead atoms. The van der Waals surface area contributed by atoms with Gasteiger partial charge in [0.15, 0.2) is 11.5 Å². The second-order valence-corrected chi connectivity index (χ2v) is 6.83. The number of fused-ring (bicyclic) bond motifs is 1. The van der Waals surface area contributed by atoms with Crippen LogP contribution in [0.4, 0.5) is 0 Å². The van der Waals surface area contributed by atoms with Crippen molar-refractivity contribution in [1.29, 1.82) is 0 Å². The molecule has 0 spiro atoms. The van der Waals surface area contributed by atoms with Crippen LogP contribution in [0, 0.1) is 0 Å². The third-order valence-corrected chi connectivity index (χ3v) is 5.44. The molecule has 0 aliphatic carbocycles. The fourth-order valence-corrected chi connectivity index (χ4v) is 3.83. The van der Waals surface area contributed by atoms with E-state index in [1.807, 2.05) is 18.2 Å². The summed E-state index contributed by atoms with van der Waals surface area (Å²) in [6.45, 7) is 2.95. The lowest BCUT2D eigenvalue weighted by molar-refractivity contribution is 0.247. The third-order valence-electron chi connectivity index (χ3n) is 4.23. The fourth-order valence-electron chi connectivity index (χ4n) is 2.74. The van der Waals surface area contributed by atoms with Gasteiger partial charge in [-0.25, -0.2) is 4.98 Å². The van der Waals surface area contributed by atoms with Gasteiger partial charge in [-0.1, -0.05) is 24.3 Å². The predicted molar refractivity (Wildman–Crippen MR) is 99.0 cm³/mol. The van der Waals surface area contributed by atoms with Crippen molar-refractivity contribution in [2.24, 2.45) is 0 Å². The number of nitrogens with zero attached hydrogens (tertiary/aromatic N) is 2. The highest BCUT2D eigenvalue weighted by Gasteiger charge is 2.19. The summed E-state index contributed by atoms with van der Waals surface area (Å²) in [6.07, 6.45) is 0. The SMILES string of the molecule is COc1cccc(CN(C)[C@@H](C)c2nc3ccccc3s2)c1OC. The number of benzene rings is 2. The zero-order valence-corrected chi connectivity index (χ0v) is 15.3. The van der Waals surface area contributed by atoms with E-state index < -0.39 is 0 Å². The highest BCUT2D eigenvalue weighted by atomic mass is 32.1. The molecule has 1 aromatic heterocycles. The van der Waals surface area contributed by atoms with Crippen molar-refractivity contribution >= 4 is 21.6 Å². The molecule has 0 aliphatic rings. The van der Waals surface area contributed by atoms with Crippen molar-refractivity contribution in [2.75, 3.05) is 21.3 Å². The molecule has 1 atom stereocenters. The number of aromatic nitrogens is 1. The summed E-state index contributed by atoms with van der Waals surface area (Å²) >= 11 is 1.75. The van der Waals surface area contributed by atoms with Gasteiger partial charge >= 0.3 is 0 Å². The zero-order valence-electron chi connectivity index (χ0n) is 14.4. The number of para-hydroxylation sites is 2. The molecule has 126 valence electrons. The Kier molecular flexibility index (Phi) is 5.02. The lowest BCUT2D eigenvalue weighted by Gasteiger charge is -2.24. The molecule has 0 aliphatic heterocycles. The van der Waals surface area contributed by atoms with Crippen molar-refractivity contribution in [2.45, 2.75) is 19.5 Å². The quantitative estimate of drug-likeness (QED) is 0.660. The third kappa shape index (κ3) is 3.23. The molecule has 2 aromatic carbocycles. The van der Waals surface area contributed by atoms with E-state index in [-0.39, 0.29) is 6.04 Å². The molecule has 0 unspecified atom stereocenters. The second kappa shape index (κ2) is 7.20. The normalized spacial score (nSPS) is 12.5. The van der Waals surface area contributed by atoms with Gasteiger partial charge in [-0.2, -0.15) is 0 Å². The molecular weight excluding hydrogens is 320 g/mol. The van der Waals surface area contributed by atoms with Crippen molar-refractivity contribution in [3.05, 3.63) is 53.0 Å². The summed E-state index contributed by atoms with van der Waals surface area (Å²) in [5.41, 5.74) is 2.17. The lowest BCUT2D eigenvalue weighted by atomic mass is 10.1. The minimum atomic E-state index is 0.221. The minimum Gasteiger partial charge on any atom is -0.493 e. The van der Waals surface area contributed by atoms with Crippen LogP contribution in [0.2, 0.25) is 0 Å². The number of methoxy groups -OCH3 is 2. The first-order chi connectivity index (χ1) is 11.6. The highest BCUT2D eigenvalue weighted by Crippen LogP contribution is 2.34. The van der Waals surface area contributed by atoms with Crippen LogP contribution in [-0.2, 0) is 6.54 Å². The maximum atomic E-state index is 5.54. The maximum absolute atomic E-state index is 5.54. The molecule has 0 saturated heterocycles. The van der Waals surface area contributed by atoms with Gasteiger partial charge < -0.3 is 9.47 Å². The number of ether oxygens (including phenoxy) is 2. The average molecular weight is 342 g/mol. The van der Waals surface area contributed by atoms with Gasteiger partial charge in [-0.15, -0.1) is 11.3 Å². The van der Waals surface area contributed by atoms with Crippen LogP contribution in [-0.4, -0.2) is 31.2 Å². The molecular formula is C19H22N2O2S. The van der Waals surface area contributed by atoms with Crippen LogP contribution in [0.15, 0.2) is 42.5 Å². The van der Waals surface area contributed by atoms with Crippen LogP contribution in [0.25, 0.3) is 10.2 Å². The Morgan fingerprint density at radius 3 is 2.58 bits per heavy atom. The van der Waals surface area contributed by atoms with E-state index in [1.165, 1.54) is 4.70 Å². The smallest absolute Gasteiger partial charge is 0.165 e. The van der Waals surface area contributed by atoms with Gasteiger partial charge in [0.05, 0.1) is 30.5 Å². The largest absolute Gasteiger partial charge is 0.493 e. The van der Waals surface area contributed by atoms with Gasteiger partial charge in [0, 0.05) is 12.1 Å². The first-order valence-electron chi connectivity index (χ1n) is 7.89. The summed E-state index contributed by atoms with van der Waals surface area (Å²) in [6, 6.07) is 14.5. The van der Waals surface area contributed by atoms with E-state index in [2.05, 4.69) is 43.1 Å². The van der Waals surface area contributed by atoms with E-state index in [4.69, 9.17) is 14.5 Å².